The largest absolute Gasteiger partial charge is 0.396 e. The molecule has 0 aliphatic rings. The van der Waals surface area contributed by atoms with E-state index in [2.05, 4.69) is 5.32 Å². The van der Waals surface area contributed by atoms with Crippen LogP contribution in [0.3, 0.4) is 0 Å². The number of aliphatic hydroxyl groups excluding tert-OH is 1. The Labute approximate surface area is 94.3 Å². The second-order valence-electron chi connectivity index (χ2n) is 3.81. The quantitative estimate of drug-likeness (QED) is 0.593. The van der Waals surface area contributed by atoms with Gasteiger partial charge in [0.2, 0.25) is 0 Å². The van der Waals surface area contributed by atoms with Crippen molar-refractivity contribution in [2.24, 2.45) is 0 Å². The van der Waals surface area contributed by atoms with Gasteiger partial charge in [-0.15, -0.1) is 0 Å². The van der Waals surface area contributed by atoms with Gasteiger partial charge in [0.15, 0.2) is 0 Å². The van der Waals surface area contributed by atoms with Crippen LogP contribution in [0.25, 0.3) is 0 Å². The van der Waals surface area contributed by atoms with Crippen LogP contribution >= 0.6 is 0 Å². The molecular formula is C11H16N2O3. The molecule has 88 valence electrons. The van der Waals surface area contributed by atoms with E-state index in [1.807, 2.05) is 13.8 Å². The van der Waals surface area contributed by atoms with Gasteiger partial charge in [-0.1, -0.05) is 6.07 Å². The van der Waals surface area contributed by atoms with Crippen LogP contribution in [0.4, 0.5) is 11.4 Å². The lowest BCUT2D eigenvalue weighted by atomic mass is 10.1. The number of hydrogen-bond donors (Lipinski definition) is 2. The van der Waals surface area contributed by atoms with E-state index in [4.69, 9.17) is 5.11 Å². The number of rotatable bonds is 5. The zero-order chi connectivity index (χ0) is 12.1. The van der Waals surface area contributed by atoms with Crippen molar-refractivity contribution in [1.82, 2.24) is 0 Å². The van der Waals surface area contributed by atoms with Crippen molar-refractivity contribution in [3.05, 3.63) is 33.9 Å². The van der Waals surface area contributed by atoms with Crippen molar-refractivity contribution in [2.75, 3.05) is 11.9 Å². The molecule has 0 spiro atoms. The number of nitro benzene ring substituents is 1. The fraction of sp³-hybridized carbons (Fsp3) is 0.455. The molecule has 0 bridgehead atoms. The van der Waals surface area contributed by atoms with E-state index in [1.54, 1.807) is 6.07 Å². The van der Waals surface area contributed by atoms with Crippen LogP contribution in [0.1, 0.15) is 18.9 Å². The Morgan fingerprint density at radius 3 is 2.81 bits per heavy atom. The molecule has 1 atom stereocenters. The molecule has 0 aromatic heterocycles. The highest BCUT2D eigenvalue weighted by Gasteiger charge is 2.10. The summed E-state index contributed by atoms with van der Waals surface area (Å²) in [5, 5.41) is 22.5. The van der Waals surface area contributed by atoms with Crippen LogP contribution in [0, 0.1) is 17.0 Å². The van der Waals surface area contributed by atoms with Crippen molar-refractivity contribution < 1.29 is 10.0 Å². The Balaban J connectivity index is 2.85. The van der Waals surface area contributed by atoms with Crippen LogP contribution in [0.2, 0.25) is 0 Å². The summed E-state index contributed by atoms with van der Waals surface area (Å²) in [5.41, 5.74) is 1.77. The van der Waals surface area contributed by atoms with Crippen LogP contribution < -0.4 is 5.32 Å². The summed E-state index contributed by atoms with van der Waals surface area (Å²) >= 11 is 0. The minimum absolute atomic E-state index is 0.0734. The number of aliphatic hydroxyl groups is 1. The smallest absolute Gasteiger partial charge is 0.271 e. The standard InChI is InChI=1S/C11H16N2O3/c1-8-3-4-10(13(15)16)7-11(8)12-9(2)5-6-14/h3-4,7,9,12,14H,5-6H2,1-2H3. The fourth-order valence-electron chi connectivity index (χ4n) is 1.41. The van der Waals surface area contributed by atoms with Crippen molar-refractivity contribution >= 4 is 11.4 Å². The Morgan fingerprint density at radius 2 is 2.25 bits per heavy atom. The summed E-state index contributed by atoms with van der Waals surface area (Å²) in [6.07, 6.45) is 0.613. The predicted octanol–water partition coefficient (Wildman–Crippen LogP) is 2.09. The lowest BCUT2D eigenvalue weighted by Gasteiger charge is -2.15. The molecule has 0 aliphatic heterocycles. The summed E-state index contributed by atoms with van der Waals surface area (Å²) < 4.78 is 0. The number of nitrogens with one attached hydrogen (secondary N) is 1. The molecule has 1 aromatic rings. The first-order chi connectivity index (χ1) is 7.54. The average Bonchev–Trinajstić information content (AvgIpc) is 2.21. The lowest BCUT2D eigenvalue weighted by molar-refractivity contribution is -0.384. The third kappa shape index (κ3) is 3.20. The maximum Gasteiger partial charge on any atom is 0.271 e. The molecule has 0 saturated carbocycles. The zero-order valence-electron chi connectivity index (χ0n) is 9.43. The van der Waals surface area contributed by atoms with Gasteiger partial charge in [-0.3, -0.25) is 10.1 Å². The molecule has 2 N–H and O–H groups in total. The third-order valence-electron chi connectivity index (χ3n) is 2.40. The van der Waals surface area contributed by atoms with Gasteiger partial charge in [-0.2, -0.15) is 0 Å². The average molecular weight is 224 g/mol. The summed E-state index contributed by atoms with van der Waals surface area (Å²) in [6, 6.07) is 4.80. The summed E-state index contributed by atoms with van der Waals surface area (Å²) in [6.45, 7) is 3.91. The zero-order valence-corrected chi connectivity index (χ0v) is 9.43. The first kappa shape index (κ1) is 12.4. The van der Waals surface area contributed by atoms with Crippen molar-refractivity contribution in [3.8, 4) is 0 Å². The fourth-order valence-corrected chi connectivity index (χ4v) is 1.41. The van der Waals surface area contributed by atoms with Crippen molar-refractivity contribution in [1.29, 1.82) is 0 Å². The summed E-state index contributed by atoms with van der Waals surface area (Å²) in [7, 11) is 0. The number of non-ortho nitro benzene ring substituents is 1. The second-order valence-corrected chi connectivity index (χ2v) is 3.81. The van der Waals surface area contributed by atoms with Crippen molar-refractivity contribution in [2.45, 2.75) is 26.3 Å². The topological polar surface area (TPSA) is 75.4 Å². The Kier molecular flexibility index (Phi) is 4.25. The highest BCUT2D eigenvalue weighted by Crippen LogP contribution is 2.22. The van der Waals surface area contributed by atoms with Gasteiger partial charge in [0.05, 0.1) is 4.92 Å². The highest BCUT2D eigenvalue weighted by atomic mass is 16.6. The second kappa shape index (κ2) is 5.46. The van der Waals surface area contributed by atoms with Crippen molar-refractivity contribution in [3.63, 3.8) is 0 Å². The van der Waals surface area contributed by atoms with Crippen LogP contribution in [0.5, 0.6) is 0 Å². The third-order valence-corrected chi connectivity index (χ3v) is 2.40. The number of nitro groups is 1. The van der Waals surface area contributed by atoms with E-state index < -0.39 is 4.92 Å². The number of anilines is 1. The molecule has 1 aromatic carbocycles. The van der Waals surface area contributed by atoms with Gasteiger partial charge in [-0.25, -0.2) is 0 Å². The first-order valence-electron chi connectivity index (χ1n) is 5.17. The Morgan fingerprint density at radius 1 is 1.56 bits per heavy atom. The van der Waals surface area contributed by atoms with Gasteiger partial charge < -0.3 is 10.4 Å². The van der Waals surface area contributed by atoms with E-state index in [0.29, 0.717) is 6.42 Å². The van der Waals surface area contributed by atoms with E-state index in [9.17, 15) is 10.1 Å². The molecule has 5 nitrogen and oxygen atoms in total. The minimum atomic E-state index is -0.415. The van der Waals surface area contributed by atoms with Gasteiger partial charge >= 0.3 is 0 Å². The van der Waals surface area contributed by atoms with Gasteiger partial charge in [0, 0.05) is 30.5 Å². The first-order valence-corrected chi connectivity index (χ1v) is 5.17. The number of hydrogen-bond acceptors (Lipinski definition) is 4. The van der Waals surface area contributed by atoms with Gasteiger partial charge in [0.1, 0.15) is 0 Å². The van der Waals surface area contributed by atoms with Gasteiger partial charge in [-0.05, 0) is 25.8 Å². The molecule has 1 unspecified atom stereocenters. The molecule has 0 amide bonds. The summed E-state index contributed by atoms with van der Waals surface area (Å²) in [5.74, 6) is 0. The molecular weight excluding hydrogens is 208 g/mol. The van der Waals surface area contributed by atoms with Crippen LogP contribution in [-0.4, -0.2) is 22.7 Å². The molecule has 1 rings (SSSR count). The molecule has 0 heterocycles. The van der Waals surface area contributed by atoms with E-state index in [1.165, 1.54) is 12.1 Å². The van der Waals surface area contributed by atoms with E-state index >= 15 is 0 Å². The van der Waals surface area contributed by atoms with E-state index in [0.717, 1.165) is 11.3 Å². The molecule has 16 heavy (non-hydrogen) atoms. The lowest BCUT2D eigenvalue weighted by Crippen LogP contribution is -2.17. The molecule has 0 radical (unpaired) electrons. The maximum atomic E-state index is 10.6. The van der Waals surface area contributed by atoms with Crippen LogP contribution in [-0.2, 0) is 0 Å². The molecule has 0 aliphatic carbocycles. The highest BCUT2D eigenvalue weighted by molar-refractivity contribution is 5.57. The Bertz CT molecular complexity index is 379. The van der Waals surface area contributed by atoms with Gasteiger partial charge in [0.25, 0.3) is 5.69 Å². The molecule has 0 saturated heterocycles. The molecule has 0 fully saturated rings. The monoisotopic (exact) mass is 224 g/mol. The number of benzene rings is 1. The maximum absolute atomic E-state index is 10.6. The predicted molar refractivity (Wildman–Crippen MR) is 62.6 cm³/mol. The number of aryl methyl sites for hydroxylation is 1. The SMILES string of the molecule is Cc1ccc([N+](=O)[O-])cc1NC(C)CCO. The number of nitrogens with zero attached hydrogens (tertiary/aromatic N) is 1. The molecule has 5 heteroatoms. The van der Waals surface area contributed by atoms with Crippen LogP contribution in [0.15, 0.2) is 18.2 Å². The van der Waals surface area contributed by atoms with E-state index in [-0.39, 0.29) is 18.3 Å². The minimum Gasteiger partial charge on any atom is -0.396 e. The normalized spacial score (nSPS) is 12.2. The summed E-state index contributed by atoms with van der Waals surface area (Å²) in [4.78, 5) is 10.2. The Hall–Kier alpha value is -1.62.